The molecule has 2 aliphatic heterocycles. The van der Waals surface area contributed by atoms with Crippen LogP contribution < -0.4 is 14.2 Å². The molecule has 0 aliphatic carbocycles. The Labute approximate surface area is 220 Å². The van der Waals surface area contributed by atoms with E-state index in [4.69, 9.17) is 14.2 Å². The van der Waals surface area contributed by atoms with Gasteiger partial charge in [-0.05, 0) is 67.1 Å². The highest BCUT2D eigenvalue weighted by Crippen LogP contribution is 2.35. The van der Waals surface area contributed by atoms with Crippen LogP contribution >= 0.6 is 11.3 Å². The van der Waals surface area contributed by atoms with E-state index in [9.17, 15) is 9.59 Å². The molecule has 0 saturated carbocycles. The van der Waals surface area contributed by atoms with Gasteiger partial charge in [-0.1, -0.05) is 23.8 Å². The second-order valence-corrected chi connectivity index (χ2v) is 10.3. The quantitative estimate of drug-likeness (QED) is 0.396. The summed E-state index contributed by atoms with van der Waals surface area (Å²) in [7, 11) is 0. The maximum atomic E-state index is 13.7. The average molecular weight is 519 g/mol. The van der Waals surface area contributed by atoms with Crippen molar-refractivity contribution in [2.24, 2.45) is 0 Å². The van der Waals surface area contributed by atoms with Crippen LogP contribution in [0.5, 0.6) is 17.2 Å². The first kappa shape index (κ1) is 24.9. The maximum Gasteiger partial charge on any atom is 0.254 e. The van der Waals surface area contributed by atoms with Crippen LogP contribution in [0.15, 0.2) is 60.5 Å². The molecule has 5 rings (SSSR count). The van der Waals surface area contributed by atoms with Crippen molar-refractivity contribution in [3.63, 3.8) is 0 Å². The number of hydrogen-bond acceptors (Lipinski definition) is 6. The summed E-state index contributed by atoms with van der Waals surface area (Å²) in [5.74, 6) is 1.56. The first-order chi connectivity index (χ1) is 17.9. The second kappa shape index (κ2) is 10.7. The number of ether oxygens (including phenoxy) is 3. The van der Waals surface area contributed by atoms with Crippen LogP contribution in [0, 0.1) is 13.8 Å². The van der Waals surface area contributed by atoms with Crippen molar-refractivity contribution in [3.8, 4) is 17.2 Å². The third-order valence-electron chi connectivity index (χ3n) is 6.72. The summed E-state index contributed by atoms with van der Waals surface area (Å²) >= 11 is 1.71. The molecule has 3 aromatic rings. The third kappa shape index (κ3) is 5.20. The van der Waals surface area contributed by atoms with E-state index in [1.165, 1.54) is 15.3 Å². The smallest absolute Gasteiger partial charge is 0.254 e. The van der Waals surface area contributed by atoms with E-state index in [-0.39, 0.29) is 37.7 Å². The lowest BCUT2D eigenvalue weighted by molar-refractivity contribution is -0.135. The predicted molar refractivity (Wildman–Crippen MR) is 143 cm³/mol. The minimum Gasteiger partial charge on any atom is -0.491 e. The van der Waals surface area contributed by atoms with Gasteiger partial charge in [-0.3, -0.25) is 9.59 Å². The Balaban J connectivity index is 1.34. The summed E-state index contributed by atoms with van der Waals surface area (Å²) in [5, 5.41) is 2.07. The molecule has 0 spiro atoms. The zero-order valence-electron chi connectivity index (χ0n) is 21.1. The van der Waals surface area contributed by atoms with Crippen LogP contribution in [0.2, 0.25) is 0 Å². The van der Waals surface area contributed by atoms with E-state index in [0.29, 0.717) is 30.2 Å². The molecular weight excluding hydrogens is 488 g/mol. The Morgan fingerprint density at radius 1 is 1.16 bits per heavy atom. The van der Waals surface area contributed by atoms with Gasteiger partial charge in [0.15, 0.2) is 11.5 Å². The Hall–Kier alpha value is -3.78. The molecule has 2 aromatic carbocycles. The van der Waals surface area contributed by atoms with E-state index in [2.05, 4.69) is 31.0 Å². The van der Waals surface area contributed by atoms with E-state index in [0.717, 1.165) is 23.3 Å². The normalized spacial score (nSPS) is 15.7. The number of nitrogens with zero attached hydrogens (tertiary/aromatic N) is 2. The second-order valence-electron chi connectivity index (χ2n) is 9.27. The fraction of sp³-hybridized carbons (Fsp3) is 0.310. The number of benzene rings is 2. The average Bonchev–Trinajstić information content (AvgIpc) is 3.56. The lowest BCUT2D eigenvalue weighted by Crippen LogP contribution is -2.47. The third-order valence-corrected chi connectivity index (χ3v) is 7.72. The Morgan fingerprint density at radius 2 is 2.00 bits per heavy atom. The SMILES string of the molecule is C=CCN(CC(=O)N1CCc2sccc2[C@@H]1COc1ccc(C)cc1C)C(=O)c1ccc2c(c1)OCO2. The number of amides is 2. The summed E-state index contributed by atoms with van der Waals surface area (Å²) in [6, 6.07) is 13.0. The molecule has 2 amide bonds. The van der Waals surface area contributed by atoms with E-state index in [1.807, 2.05) is 24.0 Å². The van der Waals surface area contributed by atoms with Gasteiger partial charge in [-0.25, -0.2) is 0 Å². The molecule has 0 bridgehead atoms. The van der Waals surface area contributed by atoms with Crippen molar-refractivity contribution in [2.45, 2.75) is 26.3 Å². The van der Waals surface area contributed by atoms with Gasteiger partial charge < -0.3 is 24.0 Å². The van der Waals surface area contributed by atoms with E-state index in [1.54, 1.807) is 35.6 Å². The standard InChI is InChI=1S/C29H30N2O5S/c1-4-11-30(29(33)21-6-8-25-26(15-21)36-18-35-25)16-28(32)31-12-9-27-22(10-13-37-27)23(31)17-34-24-7-5-19(2)14-20(24)3/h4-8,10,13-15,23H,1,9,11-12,16-18H2,2-3H3/t23-/m0/s1. The zero-order chi connectivity index (χ0) is 25.9. The van der Waals surface area contributed by atoms with Gasteiger partial charge in [0.2, 0.25) is 12.7 Å². The number of aryl methyl sites for hydroxylation is 2. The van der Waals surface area contributed by atoms with Crippen molar-refractivity contribution in [1.82, 2.24) is 9.80 Å². The largest absolute Gasteiger partial charge is 0.491 e. The van der Waals surface area contributed by atoms with Crippen LogP contribution in [0.4, 0.5) is 0 Å². The molecule has 0 radical (unpaired) electrons. The summed E-state index contributed by atoms with van der Waals surface area (Å²) < 4.78 is 17.0. The van der Waals surface area contributed by atoms with Gasteiger partial charge in [-0.2, -0.15) is 0 Å². The molecule has 0 saturated heterocycles. The molecule has 1 aromatic heterocycles. The van der Waals surface area contributed by atoms with Gasteiger partial charge in [0, 0.05) is 23.5 Å². The van der Waals surface area contributed by atoms with Crippen LogP contribution in [-0.4, -0.2) is 54.6 Å². The minimum absolute atomic E-state index is 0.0567. The topological polar surface area (TPSA) is 68.3 Å². The molecule has 1 atom stereocenters. The number of hydrogen-bond donors (Lipinski definition) is 0. The summed E-state index contributed by atoms with van der Waals surface area (Å²) in [4.78, 5) is 31.7. The predicted octanol–water partition coefficient (Wildman–Crippen LogP) is 4.93. The van der Waals surface area contributed by atoms with Gasteiger partial charge in [0.1, 0.15) is 18.9 Å². The van der Waals surface area contributed by atoms with Crippen LogP contribution in [-0.2, 0) is 11.2 Å². The lowest BCUT2D eigenvalue weighted by atomic mass is 10.00. The minimum atomic E-state index is -0.261. The van der Waals surface area contributed by atoms with Crippen molar-refractivity contribution in [2.75, 3.05) is 33.0 Å². The summed E-state index contributed by atoms with van der Waals surface area (Å²) in [5.41, 5.74) is 3.79. The van der Waals surface area contributed by atoms with E-state index >= 15 is 0 Å². The van der Waals surface area contributed by atoms with Crippen LogP contribution in [0.3, 0.4) is 0 Å². The first-order valence-corrected chi connectivity index (χ1v) is 13.2. The van der Waals surface area contributed by atoms with Crippen molar-refractivity contribution in [3.05, 3.63) is 87.6 Å². The molecule has 0 unspecified atom stereocenters. The van der Waals surface area contributed by atoms with Crippen molar-refractivity contribution < 1.29 is 23.8 Å². The number of rotatable bonds is 8. The Morgan fingerprint density at radius 3 is 2.81 bits per heavy atom. The molecule has 0 N–H and O–H groups in total. The number of carbonyl (C=O) groups excluding carboxylic acids is 2. The van der Waals surface area contributed by atoms with Crippen LogP contribution in [0.1, 0.15) is 38.0 Å². The van der Waals surface area contributed by atoms with Crippen LogP contribution in [0.25, 0.3) is 0 Å². The molecule has 2 aliphatic rings. The molecule has 7 nitrogen and oxygen atoms in total. The van der Waals surface area contributed by atoms with Crippen molar-refractivity contribution >= 4 is 23.2 Å². The number of thiophene rings is 1. The van der Waals surface area contributed by atoms with Gasteiger partial charge in [0.05, 0.1) is 6.04 Å². The fourth-order valence-corrected chi connectivity index (χ4v) is 5.77. The highest BCUT2D eigenvalue weighted by molar-refractivity contribution is 7.10. The molecular formula is C29H30N2O5S. The Kier molecular flexibility index (Phi) is 7.19. The van der Waals surface area contributed by atoms with E-state index < -0.39 is 0 Å². The molecule has 8 heteroatoms. The number of fused-ring (bicyclic) bond motifs is 2. The summed E-state index contributed by atoms with van der Waals surface area (Å²) in [6.45, 7) is 9.11. The van der Waals surface area contributed by atoms with Gasteiger partial charge in [0.25, 0.3) is 5.91 Å². The monoisotopic (exact) mass is 518 g/mol. The summed E-state index contributed by atoms with van der Waals surface area (Å²) in [6.07, 6.45) is 2.42. The van der Waals surface area contributed by atoms with Gasteiger partial charge >= 0.3 is 0 Å². The number of carbonyl (C=O) groups is 2. The first-order valence-electron chi connectivity index (χ1n) is 12.3. The molecule has 192 valence electrons. The van der Waals surface area contributed by atoms with Gasteiger partial charge in [-0.15, -0.1) is 17.9 Å². The fourth-order valence-electron chi connectivity index (χ4n) is 4.85. The highest BCUT2D eigenvalue weighted by atomic mass is 32.1. The maximum absolute atomic E-state index is 13.7. The Bertz CT molecular complexity index is 1330. The highest BCUT2D eigenvalue weighted by Gasteiger charge is 2.34. The molecule has 0 fully saturated rings. The van der Waals surface area contributed by atoms with Crippen molar-refractivity contribution in [1.29, 1.82) is 0 Å². The molecule has 37 heavy (non-hydrogen) atoms. The molecule has 3 heterocycles. The lowest BCUT2D eigenvalue weighted by Gasteiger charge is -2.37. The zero-order valence-corrected chi connectivity index (χ0v) is 21.9.